The highest BCUT2D eigenvalue weighted by Crippen LogP contribution is 2.37. The van der Waals surface area contributed by atoms with Crippen LogP contribution in [0.1, 0.15) is 55.9 Å². The third kappa shape index (κ3) is 3.08. The Hall–Kier alpha value is -1.47. The number of nitrogen functional groups attached to an aromatic ring is 1. The topological polar surface area (TPSA) is 87.1 Å². The van der Waals surface area contributed by atoms with Crippen molar-refractivity contribution in [3.63, 3.8) is 0 Å². The average Bonchev–Trinajstić information content (AvgIpc) is 3.03. The van der Waals surface area contributed by atoms with E-state index in [4.69, 9.17) is 15.0 Å². The van der Waals surface area contributed by atoms with Gasteiger partial charge in [0.15, 0.2) is 5.13 Å². The molecule has 1 aliphatic rings. The molecule has 2 heterocycles. The standard InChI is InChI=1S/C14H20N4O2S/c1-19-14(6-4-2-3-5-7-14)12-17-11(20-18-12)8-10-9-21-13(15)16-10/h9H,2-8H2,1H3,(H2,15,16). The predicted molar refractivity (Wildman–Crippen MR) is 80.0 cm³/mol. The molecular formula is C14H20N4O2S. The molecule has 1 fully saturated rings. The van der Waals surface area contributed by atoms with Crippen LogP contribution in [-0.4, -0.2) is 22.2 Å². The van der Waals surface area contributed by atoms with E-state index >= 15 is 0 Å². The minimum Gasteiger partial charge on any atom is -0.375 e. The van der Waals surface area contributed by atoms with E-state index in [2.05, 4.69) is 15.1 Å². The number of methoxy groups -OCH3 is 1. The summed E-state index contributed by atoms with van der Waals surface area (Å²) in [5.74, 6) is 1.24. The van der Waals surface area contributed by atoms with Crippen LogP contribution in [0.5, 0.6) is 0 Å². The number of anilines is 1. The number of ether oxygens (including phenoxy) is 1. The van der Waals surface area contributed by atoms with E-state index in [1.807, 2.05) is 5.38 Å². The van der Waals surface area contributed by atoms with E-state index in [9.17, 15) is 0 Å². The summed E-state index contributed by atoms with van der Waals surface area (Å²) in [4.78, 5) is 8.76. The Morgan fingerprint density at radius 3 is 2.67 bits per heavy atom. The van der Waals surface area contributed by atoms with Crippen LogP contribution in [0, 0.1) is 0 Å². The van der Waals surface area contributed by atoms with Gasteiger partial charge in [0.05, 0.1) is 12.1 Å². The maximum Gasteiger partial charge on any atom is 0.232 e. The highest BCUT2D eigenvalue weighted by Gasteiger charge is 2.37. The summed E-state index contributed by atoms with van der Waals surface area (Å²) in [6.07, 6.45) is 7.18. The Balaban J connectivity index is 1.79. The molecule has 2 N–H and O–H groups in total. The fourth-order valence-corrected chi connectivity index (χ4v) is 3.45. The lowest BCUT2D eigenvalue weighted by atomic mass is 9.93. The maximum absolute atomic E-state index is 5.79. The molecule has 0 spiro atoms. The Morgan fingerprint density at radius 1 is 1.29 bits per heavy atom. The molecule has 1 aliphatic carbocycles. The fourth-order valence-electron chi connectivity index (χ4n) is 2.89. The van der Waals surface area contributed by atoms with Gasteiger partial charge in [-0.3, -0.25) is 0 Å². The smallest absolute Gasteiger partial charge is 0.232 e. The van der Waals surface area contributed by atoms with Crippen molar-refractivity contribution in [2.24, 2.45) is 0 Å². The first kappa shape index (κ1) is 14.5. The molecule has 114 valence electrons. The largest absolute Gasteiger partial charge is 0.375 e. The highest BCUT2D eigenvalue weighted by atomic mass is 32.1. The summed E-state index contributed by atoms with van der Waals surface area (Å²) >= 11 is 1.42. The van der Waals surface area contributed by atoms with Gasteiger partial charge in [-0.1, -0.05) is 30.8 Å². The van der Waals surface area contributed by atoms with Crippen molar-refractivity contribution in [2.75, 3.05) is 12.8 Å². The summed E-state index contributed by atoms with van der Waals surface area (Å²) < 4.78 is 11.2. The zero-order chi connectivity index (χ0) is 14.7. The number of hydrogen-bond donors (Lipinski definition) is 1. The number of thiazole rings is 1. The van der Waals surface area contributed by atoms with Crippen LogP contribution >= 0.6 is 11.3 Å². The van der Waals surface area contributed by atoms with Crippen molar-refractivity contribution in [1.29, 1.82) is 0 Å². The van der Waals surface area contributed by atoms with E-state index in [1.54, 1.807) is 7.11 Å². The van der Waals surface area contributed by atoms with Crippen molar-refractivity contribution >= 4 is 16.5 Å². The van der Waals surface area contributed by atoms with E-state index in [0.717, 1.165) is 31.4 Å². The SMILES string of the molecule is COC1(c2noc(Cc3csc(N)n3)n2)CCCCCC1. The lowest BCUT2D eigenvalue weighted by Crippen LogP contribution is -2.29. The van der Waals surface area contributed by atoms with Crippen molar-refractivity contribution in [1.82, 2.24) is 15.1 Å². The van der Waals surface area contributed by atoms with Crippen molar-refractivity contribution in [2.45, 2.75) is 50.5 Å². The summed E-state index contributed by atoms with van der Waals surface area (Å²) in [5.41, 5.74) is 6.11. The summed E-state index contributed by atoms with van der Waals surface area (Å²) in [6, 6.07) is 0. The molecule has 0 atom stereocenters. The zero-order valence-electron chi connectivity index (χ0n) is 12.2. The molecule has 1 saturated carbocycles. The minimum atomic E-state index is -0.390. The molecule has 0 amide bonds. The Labute approximate surface area is 127 Å². The van der Waals surface area contributed by atoms with Gasteiger partial charge in [0.1, 0.15) is 5.60 Å². The van der Waals surface area contributed by atoms with Gasteiger partial charge < -0.3 is 15.0 Å². The lowest BCUT2D eigenvalue weighted by molar-refractivity contribution is -0.0365. The molecule has 0 bridgehead atoms. The molecule has 2 aromatic rings. The van der Waals surface area contributed by atoms with Crippen LogP contribution in [0.4, 0.5) is 5.13 Å². The first-order valence-electron chi connectivity index (χ1n) is 7.30. The van der Waals surface area contributed by atoms with E-state index in [1.165, 1.54) is 24.2 Å². The molecule has 3 rings (SSSR count). The highest BCUT2D eigenvalue weighted by molar-refractivity contribution is 7.13. The summed E-state index contributed by atoms with van der Waals surface area (Å²) in [6.45, 7) is 0. The molecule has 0 aromatic carbocycles. The van der Waals surface area contributed by atoms with Crippen LogP contribution in [0.15, 0.2) is 9.90 Å². The van der Waals surface area contributed by atoms with Crippen LogP contribution in [0.25, 0.3) is 0 Å². The average molecular weight is 308 g/mol. The van der Waals surface area contributed by atoms with E-state index in [-0.39, 0.29) is 5.60 Å². The molecule has 6 nitrogen and oxygen atoms in total. The van der Waals surface area contributed by atoms with Gasteiger partial charge in [-0.05, 0) is 12.8 Å². The third-order valence-electron chi connectivity index (χ3n) is 4.08. The van der Waals surface area contributed by atoms with Crippen molar-refractivity contribution < 1.29 is 9.26 Å². The number of aromatic nitrogens is 3. The molecular weight excluding hydrogens is 288 g/mol. The van der Waals surface area contributed by atoms with E-state index in [0.29, 0.717) is 23.3 Å². The number of nitrogens with zero attached hydrogens (tertiary/aromatic N) is 3. The van der Waals surface area contributed by atoms with Gasteiger partial charge in [0, 0.05) is 12.5 Å². The second kappa shape index (κ2) is 6.11. The minimum absolute atomic E-state index is 0.390. The summed E-state index contributed by atoms with van der Waals surface area (Å²) in [5, 5.41) is 6.63. The molecule has 7 heteroatoms. The molecule has 0 saturated heterocycles. The predicted octanol–water partition coefficient (Wildman–Crippen LogP) is 2.90. The second-order valence-electron chi connectivity index (χ2n) is 5.48. The molecule has 21 heavy (non-hydrogen) atoms. The first-order chi connectivity index (χ1) is 10.2. The Morgan fingerprint density at radius 2 is 2.05 bits per heavy atom. The quantitative estimate of drug-likeness (QED) is 0.874. The Kier molecular flexibility index (Phi) is 4.21. The van der Waals surface area contributed by atoms with Gasteiger partial charge in [-0.2, -0.15) is 4.98 Å². The maximum atomic E-state index is 5.79. The van der Waals surface area contributed by atoms with Crippen LogP contribution < -0.4 is 5.73 Å². The van der Waals surface area contributed by atoms with Crippen molar-refractivity contribution in [3.8, 4) is 0 Å². The molecule has 0 radical (unpaired) electrons. The second-order valence-corrected chi connectivity index (χ2v) is 6.37. The Bertz CT molecular complexity index is 587. The molecule has 0 unspecified atom stereocenters. The normalized spacial score (nSPS) is 18.5. The zero-order valence-corrected chi connectivity index (χ0v) is 13.0. The number of hydrogen-bond acceptors (Lipinski definition) is 7. The number of rotatable bonds is 4. The van der Waals surface area contributed by atoms with E-state index < -0.39 is 0 Å². The monoisotopic (exact) mass is 308 g/mol. The van der Waals surface area contributed by atoms with Crippen molar-refractivity contribution in [3.05, 3.63) is 22.8 Å². The van der Waals surface area contributed by atoms with Gasteiger partial charge in [-0.25, -0.2) is 4.98 Å². The van der Waals surface area contributed by atoms with Gasteiger partial charge in [0.2, 0.25) is 11.7 Å². The fraction of sp³-hybridized carbons (Fsp3) is 0.643. The van der Waals surface area contributed by atoms with Gasteiger partial charge in [0.25, 0.3) is 0 Å². The van der Waals surface area contributed by atoms with Crippen LogP contribution in [-0.2, 0) is 16.8 Å². The van der Waals surface area contributed by atoms with Gasteiger partial charge in [-0.15, -0.1) is 11.3 Å². The van der Waals surface area contributed by atoms with Crippen LogP contribution in [0.3, 0.4) is 0 Å². The van der Waals surface area contributed by atoms with Gasteiger partial charge >= 0.3 is 0 Å². The summed E-state index contributed by atoms with van der Waals surface area (Å²) in [7, 11) is 1.74. The first-order valence-corrected chi connectivity index (χ1v) is 8.18. The molecule has 0 aliphatic heterocycles. The third-order valence-corrected chi connectivity index (χ3v) is 4.80. The lowest BCUT2D eigenvalue weighted by Gasteiger charge is -2.27. The molecule has 2 aromatic heterocycles. The van der Waals surface area contributed by atoms with Crippen LogP contribution in [0.2, 0.25) is 0 Å². The number of nitrogens with two attached hydrogens (primary N) is 1.